The second-order valence-corrected chi connectivity index (χ2v) is 3.24. The third-order valence-corrected chi connectivity index (χ3v) is 2.17. The van der Waals surface area contributed by atoms with E-state index in [9.17, 15) is 4.79 Å². The third kappa shape index (κ3) is 1.56. The molecule has 1 aromatic carbocycles. The Bertz CT molecular complexity index is 530. The SMILES string of the molecule is NC(=O)c1cnn(-c2ccc(O)cc2)c1N. The molecule has 0 saturated heterocycles. The summed E-state index contributed by atoms with van der Waals surface area (Å²) in [7, 11) is 0. The molecule has 0 saturated carbocycles. The maximum atomic E-state index is 11.0. The molecule has 2 aromatic rings. The van der Waals surface area contributed by atoms with Crippen LogP contribution in [0.15, 0.2) is 30.5 Å². The number of hydrogen-bond acceptors (Lipinski definition) is 4. The van der Waals surface area contributed by atoms with Gasteiger partial charge in [0.05, 0.1) is 11.9 Å². The molecule has 2 rings (SSSR count). The number of nitrogens with zero attached hydrogens (tertiary/aromatic N) is 2. The first-order valence-corrected chi connectivity index (χ1v) is 4.52. The summed E-state index contributed by atoms with van der Waals surface area (Å²) in [4.78, 5) is 11.0. The highest BCUT2D eigenvalue weighted by molar-refractivity contribution is 5.97. The van der Waals surface area contributed by atoms with E-state index in [1.54, 1.807) is 12.1 Å². The van der Waals surface area contributed by atoms with Crippen LogP contribution in [0.5, 0.6) is 5.75 Å². The summed E-state index contributed by atoms with van der Waals surface area (Å²) in [6, 6.07) is 6.26. The third-order valence-electron chi connectivity index (χ3n) is 2.17. The van der Waals surface area contributed by atoms with Crippen LogP contribution in [0.25, 0.3) is 5.69 Å². The van der Waals surface area contributed by atoms with Gasteiger partial charge in [-0.05, 0) is 24.3 Å². The van der Waals surface area contributed by atoms with Crippen molar-refractivity contribution in [2.75, 3.05) is 5.73 Å². The zero-order chi connectivity index (χ0) is 11.7. The van der Waals surface area contributed by atoms with Crippen LogP contribution in [-0.4, -0.2) is 20.8 Å². The standard InChI is InChI=1S/C10H10N4O2/c11-9-8(10(12)16)5-13-14(9)6-1-3-7(15)4-2-6/h1-5,15H,11H2,(H2,12,16). The molecule has 1 aromatic heterocycles. The van der Waals surface area contributed by atoms with Crippen molar-refractivity contribution in [2.24, 2.45) is 5.73 Å². The van der Waals surface area contributed by atoms with Gasteiger partial charge >= 0.3 is 0 Å². The highest BCUT2D eigenvalue weighted by Crippen LogP contribution is 2.18. The molecule has 0 unspecified atom stereocenters. The molecule has 1 heterocycles. The quantitative estimate of drug-likeness (QED) is 0.671. The van der Waals surface area contributed by atoms with Gasteiger partial charge in [0, 0.05) is 0 Å². The summed E-state index contributed by atoms with van der Waals surface area (Å²) in [5.74, 6) is -0.301. The fraction of sp³-hybridized carbons (Fsp3) is 0. The molecule has 0 radical (unpaired) electrons. The first kappa shape index (κ1) is 10.0. The molecule has 1 amide bonds. The summed E-state index contributed by atoms with van der Waals surface area (Å²) in [6.45, 7) is 0. The predicted octanol–water partition coefficient (Wildman–Crippen LogP) is 0.259. The normalized spacial score (nSPS) is 10.2. The Morgan fingerprint density at radius 2 is 1.94 bits per heavy atom. The average Bonchev–Trinajstić information content (AvgIpc) is 2.61. The molecule has 0 fully saturated rings. The van der Waals surface area contributed by atoms with E-state index in [-0.39, 0.29) is 17.1 Å². The largest absolute Gasteiger partial charge is 0.508 e. The molecule has 0 atom stereocenters. The van der Waals surface area contributed by atoms with E-state index < -0.39 is 5.91 Å². The Kier molecular flexibility index (Phi) is 2.24. The second kappa shape index (κ2) is 3.58. The molecule has 16 heavy (non-hydrogen) atoms. The predicted molar refractivity (Wildman–Crippen MR) is 58.2 cm³/mol. The average molecular weight is 218 g/mol. The van der Waals surface area contributed by atoms with Crippen LogP contribution in [0, 0.1) is 0 Å². The van der Waals surface area contributed by atoms with Crippen molar-refractivity contribution in [3.05, 3.63) is 36.0 Å². The molecule has 0 aliphatic heterocycles. The lowest BCUT2D eigenvalue weighted by atomic mass is 10.3. The zero-order valence-corrected chi connectivity index (χ0v) is 8.29. The van der Waals surface area contributed by atoms with Gasteiger partial charge < -0.3 is 16.6 Å². The van der Waals surface area contributed by atoms with Gasteiger partial charge in [-0.25, -0.2) is 4.68 Å². The van der Waals surface area contributed by atoms with Crippen LogP contribution in [0.1, 0.15) is 10.4 Å². The number of aromatic nitrogens is 2. The Hall–Kier alpha value is -2.50. The van der Waals surface area contributed by atoms with Gasteiger partial charge in [0.25, 0.3) is 5.91 Å². The molecule has 6 heteroatoms. The summed E-state index contributed by atoms with van der Waals surface area (Å²) in [5, 5.41) is 13.1. The summed E-state index contributed by atoms with van der Waals surface area (Å²) in [5.41, 5.74) is 11.6. The van der Waals surface area contributed by atoms with Crippen molar-refractivity contribution < 1.29 is 9.90 Å². The van der Waals surface area contributed by atoms with E-state index >= 15 is 0 Å². The number of benzene rings is 1. The van der Waals surface area contributed by atoms with E-state index in [2.05, 4.69) is 5.10 Å². The van der Waals surface area contributed by atoms with Crippen LogP contribution in [0.3, 0.4) is 0 Å². The Balaban J connectivity index is 2.49. The number of carbonyl (C=O) groups is 1. The van der Waals surface area contributed by atoms with Gasteiger partial charge in [-0.3, -0.25) is 4.79 Å². The lowest BCUT2D eigenvalue weighted by Crippen LogP contribution is -2.13. The number of nitrogen functional groups attached to an aromatic ring is 1. The molecule has 6 nitrogen and oxygen atoms in total. The van der Waals surface area contributed by atoms with Crippen LogP contribution < -0.4 is 11.5 Å². The molecule has 0 bridgehead atoms. The van der Waals surface area contributed by atoms with E-state index in [0.29, 0.717) is 5.69 Å². The van der Waals surface area contributed by atoms with E-state index in [1.807, 2.05) is 0 Å². The van der Waals surface area contributed by atoms with Crippen molar-refractivity contribution in [1.29, 1.82) is 0 Å². The number of rotatable bonds is 2. The zero-order valence-electron chi connectivity index (χ0n) is 8.29. The number of phenolic OH excluding ortho intramolecular Hbond substituents is 1. The number of hydrogen-bond donors (Lipinski definition) is 3. The smallest absolute Gasteiger partial charge is 0.254 e. The number of anilines is 1. The molecule has 5 N–H and O–H groups in total. The van der Waals surface area contributed by atoms with Gasteiger partial charge in [-0.2, -0.15) is 5.10 Å². The summed E-state index contributed by atoms with van der Waals surface area (Å²) < 4.78 is 1.37. The van der Waals surface area contributed by atoms with Gasteiger partial charge in [0.15, 0.2) is 0 Å². The maximum absolute atomic E-state index is 11.0. The first-order chi connectivity index (χ1) is 7.59. The minimum atomic E-state index is -0.623. The number of carbonyl (C=O) groups excluding carboxylic acids is 1. The fourth-order valence-electron chi connectivity index (χ4n) is 1.35. The first-order valence-electron chi connectivity index (χ1n) is 4.52. The number of phenols is 1. The van der Waals surface area contributed by atoms with Gasteiger partial charge in [0.2, 0.25) is 0 Å². The van der Waals surface area contributed by atoms with Gasteiger partial charge in [0.1, 0.15) is 17.1 Å². The lowest BCUT2D eigenvalue weighted by molar-refractivity contribution is 0.100. The summed E-state index contributed by atoms with van der Waals surface area (Å²) in [6.07, 6.45) is 1.31. The van der Waals surface area contributed by atoms with Crippen LogP contribution >= 0.6 is 0 Å². The molecular formula is C10H10N4O2. The Morgan fingerprint density at radius 3 is 2.44 bits per heavy atom. The van der Waals surface area contributed by atoms with Crippen molar-refractivity contribution >= 4 is 11.7 Å². The lowest BCUT2D eigenvalue weighted by Gasteiger charge is -2.04. The van der Waals surface area contributed by atoms with E-state index in [1.165, 1.54) is 23.0 Å². The topological polar surface area (TPSA) is 107 Å². The van der Waals surface area contributed by atoms with Crippen LogP contribution in [-0.2, 0) is 0 Å². The molecule has 0 aliphatic carbocycles. The number of nitrogens with two attached hydrogens (primary N) is 2. The van der Waals surface area contributed by atoms with E-state index in [4.69, 9.17) is 16.6 Å². The van der Waals surface area contributed by atoms with Crippen LogP contribution in [0.4, 0.5) is 5.82 Å². The number of amides is 1. The fourth-order valence-corrected chi connectivity index (χ4v) is 1.35. The Morgan fingerprint density at radius 1 is 1.31 bits per heavy atom. The van der Waals surface area contributed by atoms with Crippen molar-refractivity contribution in [3.8, 4) is 11.4 Å². The van der Waals surface area contributed by atoms with Crippen molar-refractivity contribution in [3.63, 3.8) is 0 Å². The number of aromatic hydroxyl groups is 1. The molecule has 0 aliphatic rings. The van der Waals surface area contributed by atoms with Gasteiger partial charge in [-0.15, -0.1) is 0 Å². The highest BCUT2D eigenvalue weighted by Gasteiger charge is 2.12. The highest BCUT2D eigenvalue weighted by atomic mass is 16.3. The maximum Gasteiger partial charge on any atom is 0.254 e. The molecule has 0 spiro atoms. The monoisotopic (exact) mass is 218 g/mol. The second-order valence-electron chi connectivity index (χ2n) is 3.24. The minimum Gasteiger partial charge on any atom is -0.508 e. The van der Waals surface area contributed by atoms with Crippen molar-refractivity contribution in [2.45, 2.75) is 0 Å². The Labute approximate surface area is 91.1 Å². The minimum absolute atomic E-state index is 0.143. The molecular weight excluding hydrogens is 208 g/mol. The van der Waals surface area contributed by atoms with Crippen molar-refractivity contribution in [1.82, 2.24) is 9.78 Å². The number of primary amides is 1. The summed E-state index contributed by atoms with van der Waals surface area (Å²) >= 11 is 0. The van der Waals surface area contributed by atoms with E-state index in [0.717, 1.165) is 0 Å². The van der Waals surface area contributed by atoms with Gasteiger partial charge in [-0.1, -0.05) is 0 Å². The molecule has 82 valence electrons. The van der Waals surface area contributed by atoms with Crippen LogP contribution in [0.2, 0.25) is 0 Å².